The molecule has 1 fully saturated rings. The number of rotatable bonds is 3. The van der Waals surface area contributed by atoms with Crippen LogP contribution in [-0.2, 0) is 0 Å². The van der Waals surface area contributed by atoms with Gasteiger partial charge in [-0.1, -0.05) is 37.0 Å². The molecule has 20 heavy (non-hydrogen) atoms. The van der Waals surface area contributed by atoms with E-state index < -0.39 is 5.82 Å². The molecule has 2 rings (SSSR count). The minimum absolute atomic E-state index is 0.0881. The Morgan fingerprint density at radius 3 is 2.60 bits per heavy atom. The third-order valence-electron chi connectivity index (χ3n) is 3.57. The van der Waals surface area contributed by atoms with Gasteiger partial charge in [0.2, 0.25) is 0 Å². The van der Waals surface area contributed by atoms with Crippen molar-refractivity contribution in [2.45, 2.75) is 32.7 Å². The maximum Gasteiger partial charge on any atom is 0.160 e. The third-order valence-corrected chi connectivity index (χ3v) is 4.12. The van der Waals surface area contributed by atoms with E-state index in [1.165, 1.54) is 0 Å². The first-order valence-electron chi connectivity index (χ1n) is 7.10. The summed E-state index contributed by atoms with van der Waals surface area (Å²) in [5.41, 5.74) is 0.902. The molecule has 112 valence electrons. The average molecular weight is 319 g/mol. The van der Waals surface area contributed by atoms with E-state index in [2.05, 4.69) is 24.1 Å². The monoisotopic (exact) mass is 318 g/mol. The molecule has 1 aliphatic heterocycles. The van der Waals surface area contributed by atoms with Gasteiger partial charge in [-0.15, -0.1) is 0 Å². The van der Waals surface area contributed by atoms with Crippen molar-refractivity contribution in [3.8, 4) is 0 Å². The molecular formula is C15H21Cl2FN2. The van der Waals surface area contributed by atoms with Crippen LogP contribution in [0.1, 0.15) is 26.7 Å². The van der Waals surface area contributed by atoms with Gasteiger partial charge in [0.25, 0.3) is 0 Å². The lowest BCUT2D eigenvalue weighted by Gasteiger charge is -2.27. The van der Waals surface area contributed by atoms with Crippen LogP contribution in [0.4, 0.5) is 10.1 Å². The number of halogens is 3. The lowest BCUT2D eigenvalue weighted by molar-refractivity contribution is 0.436. The summed E-state index contributed by atoms with van der Waals surface area (Å²) in [7, 11) is 0. The molecule has 0 aromatic heterocycles. The number of anilines is 1. The first kappa shape index (κ1) is 15.9. The Kier molecular flexibility index (Phi) is 5.53. The number of nitrogens with one attached hydrogen (secondary N) is 1. The SMILES string of the molecule is CC(C)CC1CN(c2cc(Cl)c(F)c(Cl)c2)CCCN1. The minimum atomic E-state index is -0.538. The second-order valence-corrected chi connectivity index (χ2v) is 6.62. The molecule has 1 saturated heterocycles. The Morgan fingerprint density at radius 1 is 1.35 bits per heavy atom. The van der Waals surface area contributed by atoms with Crippen molar-refractivity contribution in [3.63, 3.8) is 0 Å². The van der Waals surface area contributed by atoms with E-state index in [4.69, 9.17) is 23.2 Å². The Balaban J connectivity index is 2.17. The van der Waals surface area contributed by atoms with Gasteiger partial charge in [-0.05, 0) is 37.4 Å². The van der Waals surface area contributed by atoms with Crippen LogP contribution in [0.2, 0.25) is 10.0 Å². The standard InChI is InChI=1S/C15H21Cl2FN2/c1-10(2)6-11-9-20(5-3-4-19-11)12-7-13(16)15(18)14(17)8-12/h7-8,10-11,19H,3-6,9H2,1-2H3. The highest BCUT2D eigenvalue weighted by molar-refractivity contribution is 6.35. The molecular weight excluding hydrogens is 298 g/mol. The van der Waals surface area contributed by atoms with Gasteiger partial charge in [0, 0.05) is 24.8 Å². The van der Waals surface area contributed by atoms with Crippen LogP contribution >= 0.6 is 23.2 Å². The molecule has 1 heterocycles. The Labute approximate surface area is 130 Å². The molecule has 1 aromatic rings. The van der Waals surface area contributed by atoms with Gasteiger partial charge >= 0.3 is 0 Å². The quantitative estimate of drug-likeness (QED) is 0.834. The zero-order chi connectivity index (χ0) is 14.7. The third kappa shape index (κ3) is 4.00. The molecule has 0 radical (unpaired) electrons. The fraction of sp³-hybridized carbons (Fsp3) is 0.600. The van der Waals surface area contributed by atoms with E-state index in [1.54, 1.807) is 12.1 Å². The predicted octanol–water partition coefficient (Wildman–Crippen LogP) is 4.35. The molecule has 0 aliphatic carbocycles. The molecule has 0 bridgehead atoms. The highest BCUT2D eigenvalue weighted by atomic mass is 35.5. The molecule has 2 nitrogen and oxygen atoms in total. The Hall–Kier alpha value is -0.510. The average Bonchev–Trinajstić information content (AvgIpc) is 2.60. The van der Waals surface area contributed by atoms with Gasteiger partial charge < -0.3 is 10.2 Å². The molecule has 1 unspecified atom stereocenters. The zero-order valence-corrected chi connectivity index (χ0v) is 13.4. The molecule has 0 saturated carbocycles. The van der Waals surface area contributed by atoms with E-state index in [9.17, 15) is 4.39 Å². The topological polar surface area (TPSA) is 15.3 Å². The van der Waals surface area contributed by atoms with E-state index in [1.807, 2.05) is 0 Å². The molecule has 0 spiro atoms. The van der Waals surface area contributed by atoms with Crippen molar-refractivity contribution in [2.24, 2.45) is 5.92 Å². The van der Waals surface area contributed by atoms with Crippen LogP contribution in [0.5, 0.6) is 0 Å². The minimum Gasteiger partial charge on any atom is -0.370 e. The van der Waals surface area contributed by atoms with Crippen molar-refractivity contribution in [1.29, 1.82) is 0 Å². The maximum atomic E-state index is 13.5. The molecule has 1 aliphatic rings. The van der Waals surface area contributed by atoms with Crippen LogP contribution in [-0.4, -0.2) is 25.7 Å². The number of benzene rings is 1. The number of hydrogen-bond donors (Lipinski definition) is 1. The van der Waals surface area contributed by atoms with Crippen LogP contribution in [0, 0.1) is 11.7 Å². The summed E-state index contributed by atoms with van der Waals surface area (Å²) in [6, 6.07) is 3.78. The van der Waals surface area contributed by atoms with Crippen LogP contribution in [0.25, 0.3) is 0 Å². The fourth-order valence-corrected chi connectivity index (χ4v) is 3.16. The van der Waals surface area contributed by atoms with E-state index in [0.717, 1.165) is 38.2 Å². The van der Waals surface area contributed by atoms with Crippen molar-refractivity contribution in [1.82, 2.24) is 5.32 Å². The van der Waals surface area contributed by atoms with Crippen molar-refractivity contribution in [3.05, 3.63) is 28.0 Å². The van der Waals surface area contributed by atoms with Crippen LogP contribution < -0.4 is 10.2 Å². The van der Waals surface area contributed by atoms with Gasteiger partial charge in [0.15, 0.2) is 5.82 Å². The summed E-state index contributed by atoms with van der Waals surface area (Å²) < 4.78 is 13.5. The second kappa shape index (κ2) is 6.97. The Morgan fingerprint density at radius 2 is 2.00 bits per heavy atom. The summed E-state index contributed by atoms with van der Waals surface area (Å²) in [4.78, 5) is 2.24. The lowest BCUT2D eigenvalue weighted by atomic mass is 10.0. The van der Waals surface area contributed by atoms with Gasteiger partial charge in [-0.25, -0.2) is 4.39 Å². The summed E-state index contributed by atoms with van der Waals surface area (Å²) >= 11 is 11.8. The number of hydrogen-bond acceptors (Lipinski definition) is 2. The molecule has 0 amide bonds. The summed E-state index contributed by atoms with van der Waals surface area (Å²) in [6.45, 7) is 7.29. The van der Waals surface area contributed by atoms with Crippen LogP contribution in [0.3, 0.4) is 0 Å². The second-order valence-electron chi connectivity index (χ2n) is 5.80. The Bertz CT molecular complexity index is 442. The highest BCUT2D eigenvalue weighted by Gasteiger charge is 2.20. The zero-order valence-electron chi connectivity index (χ0n) is 11.9. The molecule has 5 heteroatoms. The molecule has 1 N–H and O–H groups in total. The normalized spacial score (nSPS) is 20.3. The molecule has 1 atom stereocenters. The first-order chi connectivity index (χ1) is 9.47. The van der Waals surface area contributed by atoms with Crippen molar-refractivity contribution >= 4 is 28.9 Å². The van der Waals surface area contributed by atoms with Crippen molar-refractivity contribution in [2.75, 3.05) is 24.5 Å². The van der Waals surface area contributed by atoms with Gasteiger partial charge in [-0.2, -0.15) is 0 Å². The number of nitrogens with zero attached hydrogens (tertiary/aromatic N) is 1. The van der Waals surface area contributed by atoms with Gasteiger partial charge in [0.1, 0.15) is 0 Å². The van der Waals surface area contributed by atoms with Crippen molar-refractivity contribution < 1.29 is 4.39 Å². The van der Waals surface area contributed by atoms with E-state index >= 15 is 0 Å². The fourth-order valence-electron chi connectivity index (χ4n) is 2.68. The van der Waals surface area contributed by atoms with E-state index in [-0.39, 0.29) is 10.0 Å². The largest absolute Gasteiger partial charge is 0.370 e. The smallest absolute Gasteiger partial charge is 0.160 e. The summed E-state index contributed by atoms with van der Waals surface area (Å²) in [6.07, 6.45) is 2.18. The van der Waals surface area contributed by atoms with Gasteiger partial charge in [-0.3, -0.25) is 0 Å². The summed E-state index contributed by atoms with van der Waals surface area (Å²) in [5, 5.41) is 3.75. The lowest BCUT2D eigenvalue weighted by Crippen LogP contribution is -2.38. The van der Waals surface area contributed by atoms with Gasteiger partial charge in [0.05, 0.1) is 10.0 Å². The highest BCUT2D eigenvalue weighted by Crippen LogP contribution is 2.30. The van der Waals surface area contributed by atoms with Crippen LogP contribution in [0.15, 0.2) is 12.1 Å². The summed E-state index contributed by atoms with van der Waals surface area (Å²) in [5.74, 6) is 0.108. The van der Waals surface area contributed by atoms with E-state index in [0.29, 0.717) is 12.0 Å². The maximum absolute atomic E-state index is 13.5. The first-order valence-corrected chi connectivity index (χ1v) is 7.86. The molecule has 1 aromatic carbocycles. The predicted molar refractivity (Wildman–Crippen MR) is 84.5 cm³/mol.